The second-order valence-corrected chi connectivity index (χ2v) is 6.02. The molecule has 0 radical (unpaired) electrons. The van der Waals surface area contributed by atoms with Crippen LogP contribution in [0.15, 0.2) is 18.2 Å². The number of amides is 1. The lowest BCUT2D eigenvalue weighted by molar-refractivity contribution is -0.127. The number of fused-ring (bicyclic) bond motifs is 1. The van der Waals surface area contributed by atoms with Crippen LogP contribution in [0.2, 0.25) is 0 Å². The summed E-state index contributed by atoms with van der Waals surface area (Å²) in [6.07, 6.45) is 0.737. The zero-order valence-electron chi connectivity index (χ0n) is 13.8. The first-order chi connectivity index (χ1) is 11.0. The summed E-state index contributed by atoms with van der Waals surface area (Å²) in [5.74, 6) is 1.81. The van der Waals surface area contributed by atoms with Gasteiger partial charge in [-0.05, 0) is 33.0 Å². The maximum Gasteiger partial charge on any atom is 0.239 e. The molecule has 3 heterocycles. The normalized spacial score (nSPS) is 17.8. The van der Waals surface area contributed by atoms with Crippen LogP contribution in [0.5, 0.6) is 0 Å². The van der Waals surface area contributed by atoms with Crippen molar-refractivity contribution in [1.29, 1.82) is 0 Å². The number of aromatic nitrogens is 4. The van der Waals surface area contributed by atoms with Crippen molar-refractivity contribution in [3.63, 3.8) is 0 Å². The summed E-state index contributed by atoms with van der Waals surface area (Å²) in [6, 6.07) is 5.75. The number of aryl methyl sites for hydroxylation is 2. The van der Waals surface area contributed by atoms with Gasteiger partial charge in [0.25, 0.3) is 0 Å². The predicted octanol–water partition coefficient (Wildman–Crippen LogP) is 0.463. The van der Waals surface area contributed by atoms with Crippen LogP contribution < -0.4 is 5.32 Å². The minimum absolute atomic E-state index is 0.0407. The van der Waals surface area contributed by atoms with Crippen molar-refractivity contribution >= 4 is 5.91 Å². The Balaban J connectivity index is 1.57. The molecular formula is C16H22N6O. The Morgan fingerprint density at radius 3 is 2.96 bits per heavy atom. The molecule has 23 heavy (non-hydrogen) atoms. The van der Waals surface area contributed by atoms with Crippen LogP contribution in [-0.4, -0.2) is 50.2 Å². The van der Waals surface area contributed by atoms with Gasteiger partial charge >= 0.3 is 0 Å². The molecule has 0 spiro atoms. The predicted molar refractivity (Wildman–Crippen MR) is 85.7 cm³/mol. The van der Waals surface area contributed by atoms with E-state index in [1.165, 1.54) is 0 Å². The van der Waals surface area contributed by atoms with E-state index in [-0.39, 0.29) is 11.9 Å². The Morgan fingerprint density at radius 2 is 2.17 bits per heavy atom. The maximum absolute atomic E-state index is 12.5. The highest BCUT2D eigenvalue weighted by atomic mass is 16.2. The molecule has 7 heteroatoms. The SMILES string of the molecule is Cc1cccc(CCNC(=O)C2Cn3c(C)nnc3CN2C)n1. The Bertz CT molecular complexity index is 710. The number of hydrogen-bond donors (Lipinski definition) is 1. The fourth-order valence-electron chi connectivity index (χ4n) is 2.88. The Hall–Kier alpha value is -2.28. The van der Waals surface area contributed by atoms with Crippen molar-refractivity contribution in [2.45, 2.75) is 39.4 Å². The number of carbonyl (C=O) groups is 1. The average Bonchev–Trinajstić information content (AvgIpc) is 2.87. The molecule has 1 atom stereocenters. The summed E-state index contributed by atoms with van der Waals surface area (Å²) < 4.78 is 2.02. The van der Waals surface area contributed by atoms with Gasteiger partial charge < -0.3 is 9.88 Å². The monoisotopic (exact) mass is 314 g/mol. The van der Waals surface area contributed by atoms with Gasteiger partial charge in [-0.15, -0.1) is 10.2 Å². The van der Waals surface area contributed by atoms with E-state index in [0.717, 1.165) is 29.5 Å². The number of rotatable bonds is 4. The van der Waals surface area contributed by atoms with Gasteiger partial charge in [0.1, 0.15) is 17.7 Å². The van der Waals surface area contributed by atoms with Crippen LogP contribution in [0.3, 0.4) is 0 Å². The fourth-order valence-corrected chi connectivity index (χ4v) is 2.88. The molecule has 0 aliphatic carbocycles. The molecule has 1 N–H and O–H groups in total. The molecule has 7 nitrogen and oxygen atoms in total. The van der Waals surface area contributed by atoms with E-state index in [4.69, 9.17) is 0 Å². The van der Waals surface area contributed by atoms with Crippen LogP contribution in [0.1, 0.15) is 23.0 Å². The molecule has 0 saturated heterocycles. The smallest absolute Gasteiger partial charge is 0.239 e. The molecule has 2 aromatic heterocycles. The number of hydrogen-bond acceptors (Lipinski definition) is 5. The van der Waals surface area contributed by atoms with Crippen molar-refractivity contribution in [2.75, 3.05) is 13.6 Å². The largest absolute Gasteiger partial charge is 0.354 e. The van der Waals surface area contributed by atoms with Gasteiger partial charge in [-0.25, -0.2) is 0 Å². The standard InChI is InChI=1S/C16H22N6O/c1-11-5-4-6-13(18-11)7-8-17-16(23)14-9-22-12(2)19-20-15(22)10-21(14)3/h4-6,14H,7-10H2,1-3H3,(H,17,23). The topological polar surface area (TPSA) is 75.9 Å². The first-order valence-electron chi connectivity index (χ1n) is 7.84. The molecule has 0 fully saturated rings. The molecule has 1 aliphatic rings. The second kappa shape index (κ2) is 6.45. The molecule has 0 saturated carbocycles. The van der Waals surface area contributed by atoms with E-state index in [2.05, 4.69) is 20.5 Å². The third-order valence-electron chi connectivity index (χ3n) is 4.22. The zero-order valence-corrected chi connectivity index (χ0v) is 13.8. The minimum Gasteiger partial charge on any atom is -0.354 e. The van der Waals surface area contributed by atoms with Crippen molar-refractivity contribution < 1.29 is 4.79 Å². The molecular weight excluding hydrogens is 292 g/mol. The zero-order chi connectivity index (χ0) is 16.4. The molecule has 1 unspecified atom stereocenters. The number of pyridine rings is 1. The summed E-state index contributed by atoms with van der Waals surface area (Å²) >= 11 is 0. The molecule has 0 aromatic carbocycles. The maximum atomic E-state index is 12.5. The molecule has 1 aliphatic heterocycles. The van der Waals surface area contributed by atoms with E-state index in [0.29, 0.717) is 19.6 Å². The number of nitrogens with one attached hydrogen (secondary N) is 1. The van der Waals surface area contributed by atoms with Crippen molar-refractivity contribution in [3.05, 3.63) is 41.2 Å². The van der Waals surface area contributed by atoms with Gasteiger partial charge in [-0.2, -0.15) is 0 Å². The first-order valence-corrected chi connectivity index (χ1v) is 7.84. The first kappa shape index (κ1) is 15.6. The highest BCUT2D eigenvalue weighted by Gasteiger charge is 2.30. The van der Waals surface area contributed by atoms with Gasteiger partial charge in [-0.1, -0.05) is 6.07 Å². The van der Waals surface area contributed by atoms with Crippen LogP contribution in [0.25, 0.3) is 0 Å². The molecule has 0 bridgehead atoms. The number of nitrogens with zero attached hydrogens (tertiary/aromatic N) is 5. The molecule has 1 amide bonds. The second-order valence-electron chi connectivity index (χ2n) is 6.02. The summed E-state index contributed by atoms with van der Waals surface area (Å²) in [5.41, 5.74) is 2.00. The lowest BCUT2D eigenvalue weighted by Crippen LogP contribution is -2.50. The highest BCUT2D eigenvalue weighted by molar-refractivity contribution is 5.81. The van der Waals surface area contributed by atoms with E-state index >= 15 is 0 Å². The summed E-state index contributed by atoms with van der Waals surface area (Å²) in [7, 11) is 1.94. The van der Waals surface area contributed by atoms with Crippen molar-refractivity contribution in [3.8, 4) is 0 Å². The Kier molecular flexibility index (Phi) is 4.38. The summed E-state index contributed by atoms with van der Waals surface area (Å²) in [6.45, 7) is 5.71. The van der Waals surface area contributed by atoms with Crippen LogP contribution in [0.4, 0.5) is 0 Å². The Labute approximate surface area is 135 Å². The average molecular weight is 314 g/mol. The summed E-state index contributed by atoms with van der Waals surface area (Å²) in [5, 5.41) is 11.2. The minimum atomic E-state index is -0.192. The van der Waals surface area contributed by atoms with Crippen LogP contribution in [-0.2, 0) is 24.3 Å². The van der Waals surface area contributed by atoms with Crippen LogP contribution in [0, 0.1) is 13.8 Å². The quantitative estimate of drug-likeness (QED) is 0.887. The number of carbonyl (C=O) groups excluding carboxylic acids is 1. The molecule has 2 aromatic rings. The third-order valence-corrected chi connectivity index (χ3v) is 4.22. The molecule has 122 valence electrons. The Morgan fingerprint density at radius 1 is 1.35 bits per heavy atom. The van der Waals surface area contributed by atoms with Crippen molar-refractivity contribution in [1.82, 2.24) is 30.0 Å². The fraction of sp³-hybridized carbons (Fsp3) is 0.500. The van der Waals surface area contributed by atoms with E-state index in [1.54, 1.807) is 0 Å². The third kappa shape index (κ3) is 3.39. The van der Waals surface area contributed by atoms with E-state index < -0.39 is 0 Å². The molecule has 3 rings (SSSR count). The van der Waals surface area contributed by atoms with E-state index in [1.807, 2.05) is 48.6 Å². The van der Waals surface area contributed by atoms with Gasteiger partial charge in [-0.3, -0.25) is 14.7 Å². The van der Waals surface area contributed by atoms with Gasteiger partial charge in [0.2, 0.25) is 5.91 Å². The van der Waals surface area contributed by atoms with Gasteiger partial charge in [0, 0.05) is 24.4 Å². The van der Waals surface area contributed by atoms with Gasteiger partial charge in [0.05, 0.1) is 13.1 Å². The lowest BCUT2D eigenvalue weighted by atomic mass is 10.1. The summed E-state index contributed by atoms with van der Waals surface area (Å²) in [4.78, 5) is 18.9. The van der Waals surface area contributed by atoms with Crippen LogP contribution >= 0.6 is 0 Å². The van der Waals surface area contributed by atoms with Crippen molar-refractivity contribution in [2.24, 2.45) is 0 Å². The highest BCUT2D eigenvalue weighted by Crippen LogP contribution is 2.15. The number of likely N-dealkylation sites (N-methyl/N-ethyl adjacent to an activating group) is 1. The van der Waals surface area contributed by atoms with Gasteiger partial charge in [0.15, 0.2) is 0 Å². The lowest BCUT2D eigenvalue weighted by Gasteiger charge is -2.32. The van der Waals surface area contributed by atoms with E-state index in [9.17, 15) is 4.79 Å².